The number of rotatable bonds is 3. The van der Waals surface area contributed by atoms with E-state index in [9.17, 15) is 0 Å². The van der Waals surface area contributed by atoms with Crippen LogP contribution in [0.25, 0.3) is 0 Å². The van der Waals surface area contributed by atoms with Gasteiger partial charge in [-0.2, -0.15) is 9.59 Å². The minimum absolute atomic E-state index is 0.424. The number of hydrogen-bond acceptors (Lipinski definition) is 6. The van der Waals surface area contributed by atoms with Gasteiger partial charge in [0, 0.05) is 5.92 Å². The van der Waals surface area contributed by atoms with E-state index in [0.717, 1.165) is 5.82 Å². The molecule has 0 aromatic carbocycles. The van der Waals surface area contributed by atoms with E-state index in [0.29, 0.717) is 18.3 Å². The second-order valence-corrected chi connectivity index (χ2v) is 3.65. The maximum atomic E-state index is 4.25. The highest BCUT2D eigenvalue weighted by atomic mass is 15.6. The summed E-state index contributed by atoms with van der Waals surface area (Å²) in [5.74, 6) is 1.95. The lowest BCUT2D eigenvalue weighted by Gasteiger charge is -1.90. The van der Waals surface area contributed by atoms with Gasteiger partial charge in [0.05, 0.1) is 7.05 Å². The Kier molecular flexibility index (Phi) is 1.73. The molecule has 0 saturated heterocycles. The molecule has 0 amide bonds. The first-order valence-corrected chi connectivity index (χ1v) is 4.82. The lowest BCUT2D eigenvalue weighted by Crippen LogP contribution is -2.06. The lowest BCUT2D eigenvalue weighted by molar-refractivity contribution is 0.548. The Balaban J connectivity index is 1.75. The molecule has 2 heterocycles. The molecular weight excluding hydrogens is 196 g/mol. The summed E-state index contributed by atoms with van der Waals surface area (Å²) in [5.41, 5.74) is 0. The van der Waals surface area contributed by atoms with Crippen LogP contribution >= 0.6 is 0 Å². The summed E-state index contributed by atoms with van der Waals surface area (Å²) < 4.78 is 0. The van der Waals surface area contributed by atoms with Crippen molar-refractivity contribution >= 4 is 0 Å². The molecule has 0 radical (unpaired) electrons. The van der Waals surface area contributed by atoms with Crippen molar-refractivity contribution in [2.45, 2.75) is 25.3 Å². The summed E-state index contributed by atoms with van der Waals surface area (Å²) in [5, 5.41) is 23.8. The summed E-state index contributed by atoms with van der Waals surface area (Å²) >= 11 is 0. The molecule has 0 aliphatic heterocycles. The van der Waals surface area contributed by atoms with Gasteiger partial charge in [0.1, 0.15) is 6.54 Å². The van der Waals surface area contributed by atoms with Crippen LogP contribution in [0, 0.1) is 0 Å². The van der Waals surface area contributed by atoms with Crippen molar-refractivity contribution in [1.29, 1.82) is 0 Å². The number of aromatic nitrogens is 8. The topological polar surface area (TPSA) is 87.2 Å². The number of aryl methyl sites for hydroxylation is 1. The molecule has 8 nitrogen and oxygen atoms in total. The number of hydrogen-bond donors (Lipinski definition) is 0. The van der Waals surface area contributed by atoms with E-state index in [1.807, 2.05) is 0 Å². The highest BCUT2D eigenvalue weighted by molar-refractivity contribution is 5.00. The SMILES string of the molecule is Cn1nnc(Cn2nnc(C3CC3)n2)n1. The van der Waals surface area contributed by atoms with Crippen molar-refractivity contribution < 1.29 is 0 Å². The molecule has 0 unspecified atom stereocenters. The maximum Gasteiger partial charge on any atom is 0.198 e. The molecule has 15 heavy (non-hydrogen) atoms. The quantitative estimate of drug-likeness (QED) is 0.648. The van der Waals surface area contributed by atoms with Crippen LogP contribution in [0.1, 0.15) is 30.4 Å². The summed E-state index contributed by atoms with van der Waals surface area (Å²) in [6, 6.07) is 0. The Morgan fingerprint density at radius 3 is 2.73 bits per heavy atom. The first-order valence-electron chi connectivity index (χ1n) is 4.82. The van der Waals surface area contributed by atoms with Gasteiger partial charge in [-0.15, -0.1) is 20.4 Å². The monoisotopic (exact) mass is 206 g/mol. The fraction of sp³-hybridized carbons (Fsp3) is 0.714. The zero-order valence-corrected chi connectivity index (χ0v) is 8.28. The average molecular weight is 206 g/mol. The second-order valence-electron chi connectivity index (χ2n) is 3.65. The van der Waals surface area contributed by atoms with Crippen LogP contribution in [-0.2, 0) is 13.6 Å². The maximum absolute atomic E-state index is 4.25. The van der Waals surface area contributed by atoms with Crippen LogP contribution < -0.4 is 0 Å². The molecule has 78 valence electrons. The Bertz CT molecular complexity index is 467. The van der Waals surface area contributed by atoms with Crippen LogP contribution in [-0.4, -0.2) is 40.4 Å². The van der Waals surface area contributed by atoms with E-state index >= 15 is 0 Å². The first kappa shape index (κ1) is 8.45. The molecule has 1 fully saturated rings. The highest BCUT2D eigenvalue weighted by Gasteiger charge is 2.28. The molecule has 2 aromatic rings. The van der Waals surface area contributed by atoms with Crippen LogP contribution in [0.2, 0.25) is 0 Å². The Morgan fingerprint density at radius 2 is 2.07 bits per heavy atom. The average Bonchev–Trinajstić information content (AvgIpc) is 2.84. The number of tetrazole rings is 2. The van der Waals surface area contributed by atoms with Crippen molar-refractivity contribution in [2.75, 3.05) is 0 Å². The summed E-state index contributed by atoms with van der Waals surface area (Å²) in [6.07, 6.45) is 2.35. The van der Waals surface area contributed by atoms with Gasteiger partial charge in [0.25, 0.3) is 0 Å². The fourth-order valence-corrected chi connectivity index (χ4v) is 1.34. The smallest absolute Gasteiger partial charge is 0.167 e. The minimum atomic E-state index is 0.424. The van der Waals surface area contributed by atoms with E-state index < -0.39 is 0 Å². The van der Waals surface area contributed by atoms with Gasteiger partial charge < -0.3 is 0 Å². The minimum Gasteiger partial charge on any atom is -0.167 e. The largest absolute Gasteiger partial charge is 0.198 e. The van der Waals surface area contributed by atoms with Gasteiger partial charge in [-0.05, 0) is 23.3 Å². The van der Waals surface area contributed by atoms with Gasteiger partial charge in [-0.1, -0.05) is 0 Å². The van der Waals surface area contributed by atoms with E-state index in [1.165, 1.54) is 22.4 Å². The molecule has 8 heteroatoms. The van der Waals surface area contributed by atoms with Crippen molar-refractivity contribution in [1.82, 2.24) is 40.4 Å². The molecule has 2 aromatic heterocycles. The van der Waals surface area contributed by atoms with E-state index in [-0.39, 0.29) is 0 Å². The third kappa shape index (κ3) is 1.69. The standard InChI is InChI=1S/C7H10N8/c1-14-10-6(8-12-14)4-15-11-7(9-13-15)5-2-3-5/h5H,2-4H2,1H3. The van der Waals surface area contributed by atoms with Crippen LogP contribution in [0.4, 0.5) is 0 Å². The van der Waals surface area contributed by atoms with Gasteiger partial charge in [-0.25, -0.2) is 0 Å². The predicted molar refractivity (Wildman–Crippen MR) is 47.7 cm³/mol. The molecule has 1 saturated carbocycles. The molecule has 3 rings (SSSR count). The lowest BCUT2D eigenvalue weighted by atomic mass is 10.4. The molecular formula is C7H10N8. The third-order valence-corrected chi connectivity index (χ3v) is 2.24. The van der Waals surface area contributed by atoms with Gasteiger partial charge >= 0.3 is 0 Å². The Labute approximate surface area is 85.3 Å². The predicted octanol–water partition coefficient (Wildman–Crippen LogP) is -0.878. The van der Waals surface area contributed by atoms with Gasteiger partial charge in [0.15, 0.2) is 11.6 Å². The van der Waals surface area contributed by atoms with Crippen molar-refractivity contribution in [2.24, 2.45) is 7.05 Å². The Hall–Kier alpha value is -1.86. The molecule has 0 spiro atoms. The zero-order valence-electron chi connectivity index (χ0n) is 8.28. The molecule has 1 aliphatic rings. The molecule has 0 bridgehead atoms. The van der Waals surface area contributed by atoms with Crippen molar-refractivity contribution in [3.05, 3.63) is 11.6 Å². The highest BCUT2D eigenvalue weighted by Crippen LogP contribution is 2.37. The van der Waals surface area contributed by atoms with Crippen LogP contribution in [0.15, 0.2) is 0 Å². The zero-order chi connectivity index (χ0) is 10.3. The summed E-state index contributed by atoms with van der Waals surface area (Å²) in [4.78, 5) is 2.92. The number of nitrogens with zero attached hydrogens (tertiary/aromatic N) is 8. The molecule has 0 N–H and O–H groups in total. The first-order chi connectivity index (χ1) is 7.31. The summed E-state index contributed by atoms with van der Waals surface area (Å²) in [7, 11) is 1.72. The fourth-order valence-electron chi connectivity index (χ4n) is 1.34. The van der Waals surface area contributed by atoms with E-state index in [1.54, 1.807) is 7.05 Å². The normalized spacial score (nSPS) is 15.8. The Morgan fingerprint density at radius 1 is 1.20 bits per heavy atom. The van der Waals surface area contributed by atoms with Crippen LogP contribution in [0.3, 0.4) is 0 Å². The molecule has 0 atom stereocenters. The van der Waals surface area contributed by atoms with Crippen molar-refractivity contribution in [3.63, 3.8) is 0 Å². The van der Waals surface area contributed by atoms with E-state index in [2.05, 4.69) is 30.8 Å². The molecule has 1 aliphatic carbocycles. The summed E-state index contributed by atoms with van der Waals surface area (Å²) in [6.45, 7) is 0.424. The van der Waals surface area contributed by atoms with E-state index in [4.69, 9.17) is 0 Å². The third-order valence-electron chi connectivity index (χ3n) is 2.24. The van der Waals surface area contributed by atoms with Gasteiger partial charge in [0.2, 0.25) is 0 Å². The van der Waals surface area contributed by atoms with Gasteiger partial charge in [-0.3, -0.25) is 0 Å². The van der Waals surface area contributed by atoms with Crippen LogP contribution in [0.5, 0.6) is 0 Å². The second kappa shape index (κ2) is 3.07. The van der Waals surface area contributed by atoms with Crippen molar-refractivity contribution in [3.8, 4) is 0 Å².